The molecule has 3 aromatic rings. The van der Waals surface area contributed by atoms with E-state index in [0.29, 0.717) is 29.5 Å². The van der Waals surface area contributed by atoms with Crippen LogP contribution in [0.3, 0.4) is 0 Å². The molecule has 0 bridgehead atoms. The molecule has 0 aliphatic rings. The van der Waals surface area contributed by atoms with Crippen molar-refractivity contribution in [1.29, 1.82) is 0 Å². The highest BCUT2D eigenvalue weighted by Gasteiger charge is 2.08. The third-order valence-electron chi connectivity index (χ3n) is 3.81. The van der Waals surface area contributed by atoms with Gasteiger partial charge in [-0.3, -0.25) is 4.79 Å². The number of rotatable bonds is 6. The van der Waals surface area contributed by atoms with E-state index in [2.05, 4.69) is 20.6 Å². The Kier molecular flexibility index (Phi) is 5.81. The van der Waals surface area contributed by atoms with Gasteiger partial charge in [-0.2, -0.15) is 0 Å². The van der Waals surface area contributed by atoms with E-state index in [-0.39, 0.29) is 5.91 Å². The minimum Gasteiger partial charge on any atom is -0.350 e. The maximum atomic E-state index is 12.3. The lowest BCUT2D eigenvalue weighted by atomic mass is 10.1. The highest BCUT2D eigenvalue weighted by molar-refractivity contribution is 6.30. The summed E-state index contributed by atoms with van der Waals surface area (Å²) in [5, 5.41) is 6.73. The molecule has 26 heavy (non-hydrogen) atoms. The van der Waals surface area contributed by atoms with Crippen molar-refractivity contribution in [1.82, 2.24) is 15.3 Å². The van der Waals surface area contributed by atoms with Crippen LogP contribution in [0.1, 0.15) is 21.6 Å². The fourth-order valence-electron chi connectivity index (χ4n) is 2.44. The Hall–Kier alpha value is -2.92. The van der Waals surface area contributed by atoms with Crippen molar-refractivity contribution in [3.05, 3.63) is 82.8 Å². The summed E-state index contributed by atoms with van der Waals surface area (Å²) < 4.78 is 0. The number of halogens is 1. The first-order chi connectivity index (χ1) is 12.6. The van der Waals surface area contributed by atoms with Crippen molar-refractivity contribution in [2.45, 2.75) is 13.3 Å². The topological polar surface area (TPSA) is 66.9 Å². The monoisotopic (exact) mass is 366 g/mol. The quantitative estimate of drug-likeness (QED) is 0.687. The summed E-state index contributed by atoms with van der Waals surface area (Å²) in [4.78, 5) is 20.5. The average molecular weight is 367 g/mol. The van der Waals surface area contributed by atoms with Gasteiger partial charge >= 0.3 is 0 Å². The molecule has 0 atom stereocenters. The van der Waals surface area contributed by atoms with Crippen molar-refractivity contribution in [3.8, 4) is 0 Å². The number of anilines is 2. The first-order valence-corrected chi connectivity index (χ1v) is 8.66. The number of aryl methyl sites for hydroxylation is 1. The molecule has 3 rings (SSSR count). The summed E-state index contributed by atoms with van der Waals surface area (Å²) in [5.74, 6) is 0.338. The van der Waals surface area contributed by atoms with Gasteiger partial charge in [0.25, 0.3) is 5.91 Å². The molecule has 2 N–H and O–H groups in total. The molecule has 1 amide bonds. The van der Waals surface area contributed by atoms with Crippen molar-refractivity contribution >= 4 is 29.0 Å². The van der Waals surface area contributed by atoms with E-state index >= 15 is 0 Å². The van der Waals surface area contributed by atoms with Crippen LogP contribution in [-0.2, 0) is 6.42 Å². The maximum absolute atomic E-state index is 12.3. The smallest absolute Gasteiger partial charge is 0.270 e. The van der Waals surface area contributed by atoms with Gasteiger partial charge in [0, 0.05) is 23.3 Å². The van der Waals surface area contributed by atoms with Crippen LogP contribution in [0.15, 0.2) is 60.9 Å². The molecule has 0 aliphatic heterocycles. The average Bonchev–Trinajstić information content (AvgIpc) is 2.64. The zero-order valence-electron chi connectivity index (χ0n) is 14.4. The summed E-state index contributed by atoms with van der Waals surface area (Å²) in [6.45, 7) is 2.53. The third kappa shape index (κ3) is 5.04. The van der Waals surface area contributed by atoms with Crippen LogP contribution in [0.5, 0.6) is 0 Å². The number of hydrogen-bond acceptors (Lipinski definition) is 4. The third-order valence-corrected chi connectivity index (χ3v) is 4.05. The fraction of sp³-hybridized carbons (Fsp3) is 0.150. The second kappa shape index (κ2) is 8.45. The Labute approximate surface area is 157 Å². The number of benzene rings is 2. The number of nitrogens with one attached hydrogen (secondary N) is 2. The summed E-state index contributed by atoms with van der Waals surface area (Å²) in [6, 6.07) is 17.2. The van der Waals surface area contributed by atoms with Gasteiger partial charge in [-0.05, 0) is 43.2 Å². The zero-order chi connectivity index (χ0) is 18.4. The van der Waals surface area contributed by atoms with Crippen molar-refractivity contribution in [3.63, 3.8) is 0 Å². The number of amides is 1. The number of aromatic nitrogens is 2. The van der Waals surface area contributed by atoms with Gasteiger partial charge in [-0.25, -0.2) is 9.97 Å². The van der Waals surface area contributed by atoms with Crippen LogP contribution in [0, 0.1) is 6.92 Å². The van der Waals surface area contributed by atoms with E-state index in [1.54, 1.807) is 6.07 Å². The van der Waals surface area contributed by atoms with Crippen LogP contribution in [0.4, 0.5) is 11.5 Å². The molecule has 0 saturated heterocycles. The maximum Gasteiger partial charge on any atom is 0.270 e. The standard InChI is InChI=1S/C20H19ClN4O/c1-14-5-7-17(8-6-14)25-19-12-18(23-13-24-19)20(26)22-10-9-15-3-2-4-16(21)11-15/h2-8,11-13H,9-10H2,1H3,(H,22,26)(H,23,24,25). The van der Waals surface area contributed by atoms with Crippen LogP contribution in [0.2, 0.25) is 5.02 Å². The molecule has 2 aromatic carbocycles. The van der Waals surface area contributed by atoms with Crippen molar-refractivity contribution in [2.75, 3.05) is 11.9 Å². The molecule has 1 heterocycles. The van der Waals surface area contributed by atoms with Gasteiger partial charge in [0.1, 0.15) is 17.8 Å². The molecule has 0 spiro atoms. The lowest BCUT2D eigenvalue weighted by Crippen LogP contribution is -2.26. The van der Waals surface area contributed by atoms with Gasteiger partial charge in [0.2, 0.25) is 0 Å². The van der Waals surface area contributed by atoms with Crippen LogP contribution < -0.4 is 10.6 Å². The highest BCUT2D eigenvalue weighted by atomic mass is 35.5. The van der Waals surface area contributed by atoms with Crippen LogP contribution >= 0.6 is 11.6 Å². The van der Waals surface area contributed by atoms with E-state index in [1.165, 1.54) is 11.9 Å². The van der Waals surface area contributed by atoms with E-state index in [9.17, 15) is 4.79 Å². The van der Waals surface area contributed by atoms with E-state index in [4.69, 9.17) is 11.6 Å². The summed E-state index contributed by atoms with van der Waals surface area (Å²) >= 11 is 5.96. The Morgan fingerprint density at radius 2 is 1.88 bits per heavy atom. The number of carbonyl (C=O) groups is 1. The molecule has 0 unspecified atom stereocenters. The van der Waals surface area contributed by atoms with E-state index in [1.807, 2.05) is 55.5 Å². The number of carbonyl (C=O) groups excluding carboxylic acids is 1. The Morgan fingerprint density at radius 1 is 1.08 bits per heavy atom. The van der Waals surface area contributed by atoms with Gasteiger partial charge in [0.15, 0.2) is 0 Å². The minimum atomic E-state index is -0.235. The first kappa shape index (κ1) is 17.9. The Morgan fingerprint density at radius 3 is 2.65 bits per heavy atom. The Balaban J connectivity index is 1.58. The molecule has 1 aromatic heterocycles. The second-order valence-electron chi connectivity index (χ2n) is 5.92. The lowest BCUT2D eigenvalue weighted by Gasteiger charge is -2.08. The molecule has 5 nitrogen and oxygen atoms in total. The fourth-order valence-corrected chi connectivity index (χ4v) is 2.65. The molecular weight excluding hydrogens is 348 g/mol. The predicted molar refractivity (Wildman–Crippen MR) is 104 cm³/mol. The molecular formula is C20H19ClN4O. The zero-order valence-corrected chi connectivity index (χ0v) is 15.1. The number of nitrogens with zero attached hydrogens (tertiary/aromatic N) is 2. The van der Waals surface area contributed by atoms with E-state index < -0.39 is 0 Å². The molecule has 132 valence electrons. The molecule has 0 fully saturated rings. The summed E-state index contributed by atoms with van der Waals surface area (Å²) in [6.07, 6.45) is 2.08. The molecule has 0 saturated carbocycles. The highest BCUT2D eigenvalue weighted by Crippen LogP contribution is 2.15. The summed E-state index contributed by atoms with van der Waals surface area (Å²) in [5.41, 5.74) is 3.47. The lowest BCUT2D eigenvalue weighted by molar-refractivity contribution is 0.0949. The Bertz CT molecular complexity index is 896. The van der Waals surface area contributed by atoms with E-state index in [0.717, 1.165) is 11.3 Å². The minimum absolute atomic E-state index is 0.235. The normalized spacial score (nSPS) is 10.4. The predicted octanol–water partition coefficient (Wildman–Crippen LogP) is 4.15. The van der Waals surface area contributed by atoms with Gasteiger partial charge < -0.3 is 10.6 Å². The molecule has 0 aliphatic carbocycles. The molecule has 6 heteroatoms. The largest absolute Gasteiger partial charge is 0.350 e. The van der Waals surface area contributed by atoms with Crippen molar-refractivity contribution in [2.24, 2.45) is 0 Å². The van der Waals surface area contributed by atoms with Crippen molar-refractivity contribution < 1.29 is 4.79 Å². The number of hydrogen-bond donors (Lipinski definition) is 2. The van der Waals surface area contributed by atoms with Crippen LogP contribution in [-0.4, -0.2) is 22.4 Å². The summed E-state index contributed by atoms with van der Waals surface area (Å²) in [7, 11) is 0. The second-order valence-corrected chi connectivity index (χ2v) is 6.35. The van der Waals surface area contributed by atoms with Gasteiger partial charge in [-0.15, -0.1) is 0 Å². The van der Waals surface area contributed by atoms with Gasteiger partial charge in [-0.1, -0.05) is 41.4 Å². The van der Waals surface area contributed by atoms with Gasteiger partial charge in [0.05, 0.1) is 0 Å². The molecule has 0 radical (unpaired) electrons. The van der Waals surface area contributed by atoms with Crippen LogP contribution in [0.25, 0.3) is 0 Å². The SMILES string of the molecule is Cc1ccc(Nc2cc(C(=O)NCCc3cccc(Cl)c3)ncn2)cc1. The first-order valence-electron chi connectivity index (χ1n) is 8.28.